The Labute approximate surface area is 94.5 Å². The fraction of sp³-hybridized carbons (Fsp3) is 1.00. The molecular weight excluding hydrogens is 186 g/mol. The molecule has 1 fully saturated rings. The van der Waals surface area contributed by atoms with Crippen molar-refractivity contribution < 1.29 is 5.11 Å². The molecule has 15 heavy (non-hydrogen) atoms. The van der Waals surface area contributed by atoms with Crippen molar-refractivity contribution in [3.63, 3.8) is 0 Å². The van der Waals surface area contributed by atoms with Crippen LogP contribution in [0.15, 0.2) is 0 Å². The summed E-state index contributed by atoms with van der Waals surface area (Å²) in [7, 11) is 0. The second-order valence-electron chi connectivity index (χ2n) is 5.98. The fourth-order valence-corrected chi connectivity index (χ4v) is 2.56. The maximum Gasteiger partial charge on any atom is 0.0434 e. The van der Waals surface area contributed by atoms with Crippen molar-refractivity contribution in [3.8, 4) is 0 Å². The number of aliphatic hydroxyl groups is 1. The van der Waals surface area contributed by atoms with Gasteiger partial charge in [-0.25, -0.2) is 0 Å². The Kier molecular flexibility index (Phi) is 5.07. The zero-order chi connectivity index (χ0) is 11.3. The first kappa shape index (κ1) is 13.0. The van der Waals surface area contributed by atoms with Crippen LogP contribution in [0.4, 0.5) is 0 Å². The Hall–Kier alpha value is -0.0800. The minimum absolute atomic E-state index is 0.318. The van der Waals surface area contributed by atoms with Crippen LogP contribution in [0.25, 0.3) is 0 Å². The van der Waals surface area contributed by atoms with Gasteiger partial charge in [0.2, 0.25) is 0 Å². The molecule has 0 bridgehead atoms. The highest BCUT2D eigenvalue weighted by Crippen LogP contribution is 2.35. The molecule has 0 aromatic heterocycles. The number of aliphatic hydroxyl groups excluding tert-OH is 1. The molecule has 90 valence electrons. The number of hydrogen-bond donors (Lipinski definition) is 2. The van der Waals surface area contributed by atoms with Gasteiger partial charge in [0, 0.05) is 12.6 Å². The minimum atomic E-state index is 0.318. The average molecular weight is 213 g/mol. The Morgan fingerprint density at radius 3 is 2.80 bits per heavy atom. The molecular formula is C13H27NO. The second-order valence-corrected chi connectivity index (χ2v) is 5.98. The van der Waals surface area contributed by atoms with Crippen molar-refractivity contribution in [1.29, 1.82) is 0 Å². The quantitative estimate of drug-likeness (QED) is 0.735. The molecule has 2 heteroatoms. The van der Waals surface area contributed by atoms with Gasteiger partial charge in [-0.3, -0.25) is 0 Å². The summed E-state index contributed by atoms with van der Waals surface area (Å²) in [5, 5.41) is 12.5. The van der Waals surface area contributed by atoms with Gasteiger partial charge in [0.25, 0.3) is 0 Å². The first-order valence-electron chi connectivity index (χ1n) is 6.38. The second kappa shape index (κ2) is 5.86. The molecule has 2 atom stereocenters. The molecule has 0 radical (unpaired) electrons. The van der Waals surface area contributed by atoms with E-state index in [4.69, 9.17) is 5.11 Å². The van der Waals surface area contributed by atoms with E-state index in [0.717, 1.165) is 13.0 Å². The molecule has 0 aliphatic heterocycles. The predicted molar refractivity (Wildman–Crippen MR) is 64.9 cm³/mol. The molecule has 1 rings (SSSR count). The summed E-state index contributed by atoms with van der Waals surface area (Å²) < 4.78 is 0. The maximum absolute atomic E-state index is 8.83. The summed E-state index contributed by atoms with van der Waals surface area (Å²) in [6.07, 6.45) is 6.29. The van der Waals surface area contributed by atoms with E-state index in [2.05, 4.69) is 26.1 Å². The Bertz CT molecular complexity index is 179. The van der Waals surface area contributed by atoms with E-state index < -0.39 is 0 Å². The van der Waals surface area contributed by atoms with Gasteiger partial charge >= 0.3 is 0 Å². The molecule has 2 unspecified atom stereocenters. The van der Waals surface area contributed by atoms with Crippen LogP contribution in [-0.2, 0) is 0 Å². The van der Waals surface area contributed by atoms with E-state index in [-0.39, 0.29) is 0 Å². The Morgan fingerprint density at radius 2 is 2.20 bits per heavy atom. The van der Waals surface area contributed by atoms with Gasteiger partial charge in [0.1, 0.15) is 0 Å². The van der Waals surface area contributed by atoms with Crippen LogP contribution in [0.3, 0.4) is 0 Å². The van der Waals surface area contributed by atoms with E-state index in [9.17, 15) is 0 Å². The summed E-state index contributed by atoms with van der Waals surface area (Å²) in [5.74, 6) is 0.597. The van der Waals surface area contributed by atoms with Crippen molar-refractivity contribution in [1.82, 2.24) is 5.32 Å². The molecule has 2 N–H and O–H groups in total. The SMILES string of the molecule is CC(CCO)CNC1CCCC(C)(C)C1. The molecule has 0 spiro atoms. The third-order valence-corrected chi connectivity index (χ3v) is 3.58. The molecule has 0 heterocycles. The van der Waals surface area contributed by atoms with Gasteiger partial charge < -0.3 is 10.4 Å². The number of nitrogens with one attached hydrogen (secondary N) is 1. The number of rotatable bonds is 5. The summed E-state index contributed by atoms with van der Waals surface area (Å²) in [4.78, 5) is 0. The van der Waals surface area contributed by atoms with E-state index in [1.165, 1.54) is 25.7 Å². The van der Waals surface area contributed by atoms with Crippen LogP contribution >= 0.6 is 0 Å². The lowest BCUT2D eigenvalue weighted by Crippen LogP contribution is -2.39. The molecule has 0 aromatic rings. The summed E-state index contributed by atoms with van der Waals surface area (Å²) in [6.45, 7) is 8.33. The standard InChI is InChI=1S/C13H27NO/c1-11(6-8-15)10-14-12-5-4-7-13(2,3)9-12/h11-12,14-15H,4-10H2,1-3H3. The molecule has 0 amide bonds. The molecule has 1 aliphatic carbocycles. The van der Waals surface area contributed by atoms with Crippen LogP contribution in [0, 0.1) is 11.3 Å². The van der Waals surface area contributed by atoms with Crippen molar-refractivity contribution in [2.24, 2.45) is 11.3 Å². The van der Waals surface area contributed by atoms with Crippen LogP contribution in [-0.4, -0.2) is 24.3 Å². The first-order chi connectivity index (χ1) is 7.03. The summed E-state index contributed by atoms with van der Waals surface area (Å²) in [6, 6.07) is 0.704. The number of hydrogen-bond acceptors (Lipinski definition) is 2. The van der Waals surface area contributed by atoms with Crippen molar-refractivity contribution in [2.45, 2.75) is 58.9 Å². The fourth-order valence-electron chi connectivity index (χ4n) is 2.56. The zero-order valence-electron chi connectivity index (χ0n) is 10.6. The third kappa shape index (κ3) is 4.98. The van der Waals surface area contributed by atoms with Crippen molar-refractivity contribution in [2.75, 3.05) is 13.2 Å². The highest BCUT2D eigenvalue weighted by atomic mass is 16.3. The van der Waals surface area contributed by atoms with Gasteiger partial charge in [-0.05, 0) is 43.6 Å². The average Bonchev–Trinajstić information content (AvgIpc) is 2.14. The largest absolute Gasteiger partial charge is 0.396 e. The van der Waals surface area contributed by atoms with Crippen LogP contribution in [0.1, 0.15) is 52.9 Å². The summed E-state index contributed by atoms with van der Waals surface area (Å²) >= 11 is 0. The van der Waals surface area contributed by atoms with E-state index in [1.54, 1.807) is 0 Å². The summed E-state index contributed by atoms with van der Waals surface area (Å²) in [5.41, 5.74) is 0.524. The van der Waals surface area contributed by atoms with Gasteiger partial charge in [-0.15, -0.1) is 0 Å². The Morgan fingerprint density at radius 1 is 1.47 bits per heavy atom. The van der Waals surface area contributed by atoms with Gasteiger partial charge in [0.05, 0.1) is 0 Å². The van der Waals surface area contributed by atoms with Gasteiger partial charge in [-0.1, -0.05) is 27.2 Å². The van der Waals surface area contributed by atoms with Crippen LogP contribution in [0.2, 0.25) is 0 Å². The first-order valence-corrected chi connectivity index (χ1v) is 6.38. The highest BCUT2D eigenvalue weighted by molar-refractivity contribution is 4.83. The molecule has 0 aromatic carbocycles. The highest BCUT2D eigenvalue weighted by Gasteiger charge is 2.27. The topological polar surface area (TPSA) is 32.3 Å². The van der Waals surface area contributed by atoms with Gasteiger partial charge in [0.15, 0.2) is 0 Å². The van der Waals surface area contributed by atoms with Crippen molar-refractivity contribution >= 4 is 0 Å². The molecule has 2 nitrogen and oxygen atoms in total. The third-order valence-electron chi connectivity index (χ3n) is 3.58. The maximum atomic E-state index is 8.83. The van der Waals surface area contributed by atoms with E-state index >= 15 is 0 Å². The Balaban J connectivity index is 2.21. The smallest absolute Gasteiger partial charge is 0.0434 e. The lowest BCUT2D eigenvalue weighted by Gasteiger charge is -2.36. The monoisotopic (exact) mass is 213 g/mol. The van der Waals surface area contributed by atoms with E-state index in [0.29, 0.717) is 24.0 Å². The minimum Gasteiger partial charge on any atom is -0.396 e. The zero-order valence-corrected chi connectivity index (χ0v) is 10.6. The van der Waals surface area contributed by atoms with Crippen molar-refractivity contribution in [3.05, 3.63) is 0 Å². The van der Waals surface area contributed by atoms with Crippen LogP contribution < -0.4 is 5.32 Å². The van der Waals surface area contributed by atoms with Crippen LogP contribution in [0.5, 0.6) is 0 Å². The molecule has 1 saturated carbocycles. The lowest BCUT2D eigenvalue weighted by atomic mass is 9.75. The normalized spacial score (nSPS) is 27.6. The molecule has 0 saturated heterocycles. The van der Waals surface area contributed by atoms with E-state index in [1.807, 2.05) is 0 Å². The molecule has 1 aliphatic rings. The lowest BCUT2D eigenvalue weighted by molar-refractivity contribution is 0.190. The van der Waals surface area contributed by atoms with Gasteiger partial charge in [-0.2, -0.15) is 0 Å². The predicted octanol–water partition coefficient (Wildman–Crippen LogP) is 2.56.